The average Bonchev–Trinajstić information content (AvgIpc) is 2.49. The van der Waals surface area contributed by atoms with Crippen molar-refractivity contribution in [2.75, 3.05) is 18.5 Å². The van der Waals surface area contributed by atoms with Crippen LogP contribution in [0.1, 0.15) is 0 Å². The fraction of sp³-hybridized carbons (Fsp3) is 0.143. The van der Waals surface area contributed by atoms with Crippen molar-refractivity contribution >= 4 is 38.9 Å². The normalized spacial score (nSPS) is 11.2. The quantitative estimate of drug-likeness (QED) is 0.845. The monoisotopic (exact) mass is 345 g/mol. The van der Waals surface area contributed by atoms with Gasteiger partial charge in [-0.1, -0.05) is 23.2 Å². The molecule has 7 heteroatoms. The lowest BCUT2D eigenvalue weighted by Gasteiger charge is -2.20. The maximum absolute atomic E-state index is 12.5. The molecular weight excluding hydrogens is 333 g/mol. The van der Waals surface area contributed by atoms with Gasteiger partial charge in [0, 0.05) is 7.05 Å². The van der Waals surface area contributed by atoms with Crippen LogP contribution < -0.4 is 9.04 Å². The Kier molecular flexibility index (Phi) is 4.66. The van der Waals surface area contributed by atoms with Crippen molar-refractivity contribution in [3.63, 3.8) is 0 Å². The van der Waals surface area contributed by atoms with Crippen molar-refractivity contribution in [1.29, 1.82) is 0 Å². The molecule has 0 aromatic heterocycles. The van der Waals surface area contributed by atoms with Crippen LogP contribution in [0.15, 0.2) is 47.4 Å². The number of hydrogen-bond donors (Lipinski definition) is 0. The lowest BCUT2D eigenvalue weighted by molar-refractivity contribution is 0.414. The van der Waals surface area contributed by atoms with Crippen LogP contribution in [-0.4, -0.2) is 22.6 Å². The number of nitrogens with zero attached hydrogens (tertiary/aromatic N) is 1. The number of halogens is 2. The molecule has 0 N–H and O–H groups in total. The van der Waals surface area contributed by atoms with E-state index in [4.69, 9.17) is 27.9 Å². The van der Waals surface area contributed by atoms with E-state index in [0.29, 0.717) is 21.5 Å². The van der Waals surface area contributed by atoms with Gasteiger partial charge in [0.2, 0.25) is 0 Å². The van der Waals surface area contributed by atoms with E-state index in [1.165, 1.54) is 32.4 Å². The van der Waals surface area contributed by atoms with Crippen LogP contribution in [0.25, 0.3) is 0 Å². The molecule has 0 aliphatic carbocycles. The minimum Gasteiger partial charge on any atom is -0.497 e. The average molecular weight is 346 g/mol. The molecule has 0 heterocycles. The summed E-state index contributed by atoms with van der Waals surface area (Å²) in [6.45, 7) is 0. The second-order valence-electron chi connectivity index (χ2n) is 4.25. The number of sulfonamides is 1. The van der Waals surface area contributed by atoms with Crippen molar-refractivity contribution in [1.82, 2.24) is 0 Å². The first-order valence-corrected chi connectivity index (χ1v) is 8.14. The van der Waals surface area contributed by atoms with Gasteiger partial charge in [0.25, 0.3) is 10.0 Å². The number of rotatable bonds is 4. The fourth-order valence-electron chi connectivity index (χ4n) is 1.73. The summed E-state index contributed by atoms with van der Waals surface area (Å²) in [5.41, 5.74) is 0.431. The first kappa shape index (κ1) is 15.9. The Bertz CT molecular complexity index is 745. The minimum absolute atomic E-state index is 0.164. The Hall–Kier alpha value is -1.43. The summed E-state index contributed by atoms with van der Waals surface area (Å²) in [5.74, 6) is 0.589. The van der Waals surface area contributed by atoms with E-state index >= 15 is 0 Å². The van der Waals surface area contributed by atoms with Crippen LogP contribution >= 0.6 is 23.2 Å². The summed E-state index contributed by atoms with van der Waals surface area (Å²) < 4.78 is 31.2. The van der Waals surface area contributed by atoms with Crippen molar-refractivity contribution in [3.05, 3.63) is 52.5 Å². The summed E-state index contributed by atoms with van der Waals surface area (Å²) in [7, 11) is -0.694. The highest BCUT2D eigenvalue weighted by Crippen LogP contribution is 2.29. The topological polar surface area (TPSA) is 46.6 Å². The van der Waals surface area contributed by atoms with E-state index in [2.05, 4.69) is 0 Å². The van der Waals surface area contributed by atoms with Crippen LogP contribution in [0.5, 0.6) is 5.75 Å². The molecule has 0 aliphatic heterocycles. The summed E-state index contributed by atoms with van der Waals surface area (Å²) in [4.78, 5) is 0.164. The molecule has 2 rings (SSSR count). The van der Waals surface area contributed by atoms with E-state index in [1.54, 1.807) is 24.3 Å². The summed E-state index contributed by atoms with van der Waals surface area (Å²) in [6.07, 6.45) is 0. The molecule has 0 bridgehead atoms. The maximum atomic E-state index is 12.5. The molecule has 0 spiro atoms. The SMILES string of the molecule is COc1ccc(S(=O)(=O)N(C)c2ccc(Cl)c(Cl)c2)cc1. The van der Waals surface area contributed by atoms with Gasteiger partial charge in [-0.05, 0) is 42.5 Å². The smallest absolute Gasteiger partial charge is 0.264 e. The second-order valence-corrected chi connectivity index (χ2v) is 7.03. The van der Waals surface area contributed by atoms with E-state index in [-0.39, 0.29) is 4.90 Å². The highest BCUT2D eigenvalue weighted by molar-refractivity contribution is 7.92. The molecule has 0 fully saturated rings. The minimum atomic E-state index is -3.67. The van der Waals surface area contributed by atoms with Crippen molar-refractivity contribution in [3.8, 4) is 5.75 Å². The van der Waals surface area contributed by atoms with Crippen LogP contribution in [0.3, 0.4) is 0 Å². The predicted octanol–water partition coefficient (Wildman–Crippen LogP) is 3.83. The Balaban J connectivity index is 2.39. The molecular formula is C14H13Cl2NO3S. The van der Waals surface area contributed by atoms with Crippen molar-refractivity contribution in [2.45, 2.75) is 4.90 Å². The zero-order valence-corrected chi connectivity index (χ0v) is 13.7. The van der Waals surface area contributed by atoms with Gasteiger partial charge in [-0.3, -0.25) is 4.31 Å². The molecule has 0 aliphatic rings. The van der Waals surface area contributed by atoms with Gasteiger partial charge in [-0.2, -0.15) is 0 Å². The second kappa shape index (κ2) is 6.13. The zero-order valence-electron chi connectivity index (χ0n) is 11.4. The molecule has 2 aromatic carbocycles. The molecule has 0 amide bonds. The van der Waals surface area contributed by atoms with E-state index in [1.807, 2.05) is 0 Å². The third kappa shape index (κ3) is 3.26. The number of hydrogen-bond acceptors (Lipinski definition) is 3. The molecule has 112 valence electrons. The van der Waals surface area contributed by atoms with Crippen LogP contribution in [0.4, 0.5) is 5.69 Å². The lowest BCUT2D eigenvalue weighted by atomic mass is 10.3. The summed E-state index contributed by atoms with van der Waals surface area (Å²) >= 11 is 11.8. The third-order valence-corrected chi connectivity index (χ3v) is 5.52. The Morgan fingerprint density at radius 3 is 2.14 bits per heavy atom. The highest BCUT2D eigenvalue weighted by Gasteiger charge is 2.21. The summed E-state index contributed by atoms with van der Waals surface area (Å²) in [6, 6.07) is 10.8. The molecule has 0 radical (unpaired) electrons. The number of benzene rings is 2. The predicted molar refractivity (Wildman–Crippen MR) is 85.0 cm³/mol. The summed E-state index contributed by atoms with van der Waals surface area (Å²) in [5, 5.41) is 0.668. The Morgan fingerprint density at radius 2 is 1.62 bits per heavy atom. The Morgan fingerprint density at radius 1 is 1.00 bits per heavy atom. The first-order chi connectivity index (χ1) is 9.86. The molecule has 0 saturated heterocycles. The molecule has 0 unspecified atom stereocenters. The fourth-order valence-corrected chi connectivity index (χ4v) is 3.21. The highest BCUT2D eigenvalue weighted by atomic mass is 35.5. The van der Waals surface area contributed by atoms with Crippen molar-refractivity contribution in [2.24, 2.45) is 0 Å². The van der Waals surface area contributed by atoms with E-state index < -0.39 is 10.0 Å². The molecule has 4 nitrogen and oxygen atoms in total. The van der Waals surface area contributed by atoms with E-state index in [0.717, 1.165) is 4.31 Å². The zero-order chi connectivity index (χ0) is 15.6. The Labute approximate surface area is 133 Å². The van der Waals surface area contributed by atoms with Gasteiger partial charge < -0.3 is 4.74 Å². The first-order valence-electron chi connectivity index (χ1n) is 5.94. The number of ether oxygens (including phenoxy) is 1. The molecule has 0 saturated carbocycles. The van der Waals surface area contributed by atoms with Crippen molar-refractivity contribution < 1.29 is 13.2 Å². The number of methoxy groups -OCH3 is 1. The van der Waals surface area contributed by atoms with Gasteiger partial charge in [-0.15, -0.1) is 0 Å². The van der Waals surface area contributed by atoms with Gasteiger partial charge in [0.05, 0.1) is 27.7 Å². The third-order valence-electron chi connectivity index (χ3n) is 2.98. The number of anilines is 1. The molecule has 0 atom stereocenters. The van der Waals surface area contributed by atoms with Gasteiger partial charge in [0.15, 0.2) is 0 Å². The van der Waals surface area contributed by atoms with Crippen LogP contribution in [-0.2, 0) is 10.0 Å². The van der Waals surface area contributed by atoms with Gasteiger partial charge in [-0.25, -0.2) is 8.42 Å². The standard InChI is InChI=1S/C14H13Cl2NO3S/c1-17(10-3-8-13(15)14(16)9-10)21(18,19)12-6-4-11(20-2)5-7-12/h3-9H,1-2H3. The van der Waals surface area contributed by atoms with E-state index in [9.17, 15) is 8.42 Å². The molecule has 2 aromatic rings. The maximum Gasteiger partial charge on any atom is 0.264 e. The van der Waals surface area contributed by atoms with Crippen LogP contribution in [0.2, 0.25) is 10.0 Å². The van der Waals surface area contributed by atoms with Gasteiger partial charge >= 0.3 is 0 Å². The largest absolute Gasteiger partial charge is 0.497 e. The van der Waals surface area contributed by atoms with Crippen LogP contribution in [0, 0.1) is 0 Å². The lowest BCUT2D eigenvalue weighted by Crippen LogP contribution is -2.26. The molecule has 21 heavy (non-hydrogen) atoms. The van der Waals surface area contributed by atoms with Gasteiger partial charge in [0.1, 0.15) is 5.75 Å².